The van der Waals surface area contributed by atoms with Gasteiger partial charge in [-0.15, -0.1) is 0 Å². The Labute approximate surface area is 76.9 Å². The maximum atomic E-state index is 3.72. The molecule has 0 saturated heterocycles. The Hall–Kier alpha value is -0.0400. The summed E-state index contributed by atoms with van der Waals surface area (Å²) in [6, 6.07) is 0.789. The van der Waals surface area contributed by atoms with Crippen LogP contribution in [-0.2, 0) is 0 Å². The molecule has 0 aliphatic heterocycles. The quantitative estimate of drug-likeness (QED) is 0.685. The summed E-state index contributed by atoms with van der Waals surface area (Å²) >= 11 is 0. The molecule has 0 aromatic rings. The maximum Gasteiger partial charge on any atom is 0.0150 e. The zero-order valence-corrected chi connectivity index (χ0v) is 9.15. The van der Waals surface area contributed by atoms with Crippen molar-refractivity contribution in [3.8, 4) is 0 Å². The van der Waals surface area contributed by atoms with Gasteiger partial charge in [-0.05, 0) is 38.5 Å². The van der Waals surface area contributed by atoms with Crippen molar-refractivity contribution >= 4 is 0 Å². The highest BCUT2D eigenvalue weighted by atomic mass is 15.0. The van der Waals surface area contributed by atoms with Gasteiger partial charge in [0.15, 0.2) is 0 Å². The van der Waals surface area contributed by atoms with Crippen molar-refractivity contribution in [1.29, 1.82) is 0 Å². The second-order valence-corrected chi connectivity index (χ2v) is 5.29. The Balaban J connectivity index is 2.30. The minimum atomic E-state index is 0.310. The Morgan fingerprint density at radius 2 is 1.75 bits per heavy atom. The lowest BCUT2D eigenvalue weighted by Gasteiger charge is -2.42. The predicted molar refractivity (Wildman–Crippen MR) is 54.2 cm³/mol. The number of rotatable bonds is 3. The third kappa shape index (κ3) is 2.22. The van der Waals surface area contributed by atoms with E-state index in [1.54, 1.807) is 0 Å². The van der Waals surface area contributed by atoms with E-state index in [-0.39, 0.29) is 0 Å². The average molecular weight is 169 g/mol. The van der Waals surface area contributed by atoms with Gasteiger partial charge in [-0.25, -0.2) is 0 Å². The third-order valence-electron chi connectivity index (χ3n) is 3.39. The van der Waals surface area contributed by atoms with Gasteiger partial charge in [0.25, 0.3) is 0 Å². The molecule has 1 nitrogen and oxygen atoms in total. The zero-order chi connectivity index (χ0) is 9.35. The minimum absolute atomic E-state index is 0.310. The molecule has 0 aromatic carbocycles. The highest BCUT2D eigenvalue weighted by Crippen LogP contribution is 2.29. The van der Waals surface area contributed by atoms with Crippen LogP contribution in [0.5, 0.6) is 0 Å². The lowest BCUT2D eigenvalue weighted by atomic mass is 9.79. The van der Waals surface area contributed by atoms with Crippen molar-refractivity contribution < 1.29 is 0 Å². The van der Waals surface area contributed by atoms with Gasteiger partial charge in [-0.1, -0.05) is 20.8 Å². The van der Waals surface area contributed by atoms with E-state index in [1.165, 1.54) is 12.8 Å². The third-order valence-corrected chi connectivity index (χ3v) is 3.39. The SMILES string of the molecule is CC1CC(NC(C)(C)C(C)C)C1. The fraction of sp³-hybridized carbons (Fsp3) is 1.00. The molecule has 0 bridgehead atoms. The van der Waals surface area contributed by atoms with Crippen LogP contribution in [0.3, 0.4) is 0 Å². The van der Waals surface area contributed by atoms with Gasteiger partial charge >= 0.3 is 0 Å². The maximum absolute atomic E-state index is 3.72. The summed E-state index contributed by atoms with van der Waals surface area (Å²) in [6.07, 6.45) is 2.74. The first-order valence-electron chi connectivity index (χ1n) is 5.19. The first-order chi connectivity index (χ1) is 5.42. The Kier molecular flexibility index (Phi) is 2.82. The van der Waals surface area contributed by atoms with E-state index < -0.39 is 0 Å². The predicted octanol–water partition coefficient (Wildman–Crippen LogP) is 2.81. The second kappa shape index (κ2) is 3.37. The highest BCUT2D eigenvalue weighted by Gasteiger charge is 2.31. The highest BCUT2D eigenvalue weighted by molar-refractivity contribution is 4.90. The van der Waals surface area contributed by atoms with Gasteiger partial charge in [0.2, 0.25) is 0 Å². The van der Waals surface area contributed by atoms with Crippen LogP contribution in [0.1, 0.15) is 47.5 Å². The summed E-state index contributed by atoms with van der Waals surface area (Å²) in [6.45, 7) is 11.5. The number of nitrogens with one attached hydrogen (secondary N) is 1. The summed E-state index contributed by atoms with van der Waals surface area (Å²) in [5, 5.41) is 3.72. The van der Waals surface area contributed by atoms with E-state index >= 15 is 0 Å². The molecule has 0 spiro atoms. The van der Waals surface area contributed by atoms with Crippen molar-refractivity contribution in [2.45, 2.75) is 59.0 Å². The molecule has 0 heterocycles. The van der Waals surface area contributed by atoms with Crippen molar-refractivity contribution in [2.24, 2.45) is 11.8 Å². The van der Waals surface area contributed by atoms with Crippen molar-refractivity contribution in [2.75, 3.05) is 0 Å². The van der Waals surface area contributed by atoms with Crippen LogP contribution in [0.25, 0.3) is 0 Å². The van der Waals surface area contributed by atoms with Crippen LogP contribution < -0.4 is 5.32 Å². The lowest BCUT2D eigenvalue weighted by Crippen LogP contribution is -2.53. The smallest absolute Gasteiger partial charge is 0.0150 e. The molecule has 1 aliphatic rings. The van der Waals surface area contributed by atoms with Gasteiger partial charge < -0.3 is 5.32 Å². The van der Waals surface area contributed by atoms with Crippen LogP contribution in [-0.4, -0.2) is 11.6 Å². The largest absolute Gasteiger partial charge is 0.309 e. The first-order valence-corrected chi connectivity index (χ1v) is 5.19. The van der Waals surface area contributed by atoms with Crippen molar-refractivity contribution in [3.63, 3.8) is 0 Å². The average Bonchev–Trinajstić information content (AvgIpc) is 1.83. The van der Waals surface area contributed by atoms with Crippen molar-refractivity contribution in [3.05, 3.63) is 0 Å². The van der Waals surface area contributed by atoms with Gasteiger partial charge in [0.05, 0.1) is 0 Å². The fourth-order valence-corrected chi connectivity index (χ4v) is 1.71. The molecule has 72 valence electrons. The van der Waals surface area contributed by atoms with Crippen LogP contribution in [0, 0.1) is 11.8 Å². The van der Waals surface area contributed by atoms with E-state index in [9.17, 15) is 0 Å². The second-order valence-electron chi connectivity index (χ2n) is 5.29. The fourth-order valence-electron chi connectivity index (χ4n) is 1.71. The molecule has 1 fully saturated rings. The molecule has 1 rings (SSSR count). The summed E-state index contributed by atoms with van der Waals surface area (Å²) in [4.78, 5) is 0. The van der Waals surface area contributed by atoms with E-state index in [0.717, 1.165) is 12.0 Å². The molecular formula is C11H23N. The zero-order valence-electron chi connectivity index (χ0n) is 9.15. The molecular weight excluding hydrogens is 146 g/mol. The molecule has 1 N–H and O–H groups in total. The van der Waals surface area contributed by atoms with Crippen LogP contribution in [0.4, 0.5) is 0 Å². The molecule has 0 amide bonds. The monoisotopic (exact) mass is 169 g/mol. The minimum Gasteiger partial charge on any atom is -0.309 e. The summed E-state index contributed by atoms with van der Waals surface area (Å²) in [5.41, 5.74) is 0.310. The van der Waals surface area contributed by atoms with Gasteiger partial charge in [-0.2, -0.15) is 0 Å². The van der Waals surface area contributed by atoms with E-state index in [2.05, 4.69) is 39.9 Å². The molecule has 0 radical (unpaired) electrons. The Bertz CT molecular complexity index is 143. The van der Waals surface area contributed by atoms with Crippen LogP contribution >= 0.6 is 0 Å². The number of hydrogen-bond acceptors (Lipinski definition) is 1. The number of hydrogen-bond donors (Lipinski definition) is 1. The molecule has 0 atom stereocenters. The van der Waals surface area contributed by atoms with Crippen molar-refractivity contribution in [1.82, 2.24) is 5.32 Å². The molecule has 12 heavy (non-hydrogen) atoms. The Morgan fingerprint density at radius 1 is 1.25 bits per heavy atom. The van der Waals surface area contributed by atoms with Gasteiger partial charge in [0.1, 0.15) is 0 Å². The van der Waals surface area contributed by atoms with E-state index in [1.807, 2.05) is 0 Å². The normalized spacial score (nSPS) is 30.5. The standard InChI is InChI=1S/C11H23N/c1-8(2)11(4,5)12-10-6-9(3)7-10/h8-10,12H,6-7H2,1-5H3. The topological polar surface area (TPSA) is 12.0 Å². The Morgan fingerprint density at radius 3 is 2.08 bits per heavy atom. The molecule has 0 unspecified atom stereocenters. The summed E-state index contributed by atoms with van der Waals surface area (Å²) < 4.78 is 0. The van der Waals surface area contributed by atoms with Gasteiger partial charge in [-0.3, -0.25) is 0 Å². The molecule has 1 saturated carbocycles. The lowest BCUT2D eigenvalue weighted by molar-refractivity contribution is 0.163. The van der Waals surface area contributed by atoms with E-state index in [4.69, 9.17) is 0 Å². The molecule has 1 aliphatic carbocycles. The van der Waals surface area contributed by atoms with Crippen LogP contribution in [0.15, 0.2) is 0 Å². The molecule has 1 heteroatoms. The summed E-state index contributed by atoms with van der Waals surface area (Å²) in [5.74, 6) is 1.67. The summed E-state index contributed by atoms with van der Waals surface area (Å²) in [7, 11) is 0. The van der Waals surface area contributed by atoms with Crippen LogP contribution in [0.2, 0.25) is 0 Å². The first kappa shape index (κ1) is 10.0. The van der Waals surface area contributed by atoms with Gasteiger partial charge in [0, 0.05) is 11.6 Å². The molecule has 0 aromatic heterocycles. The van der Waals surface area contributed by atoms with E-state index in [0.29, 0.717) is 11.5 Å².